The number of hydrogen-bond acceptors (Lipinski definition) is 7. The third kappa shape index (κ3) is 2.98. The van der Waals surface area contributed by atoms with Gasteiger partial charge in [0.2, 0.25) is 5.82 Å². The summed E-state index contributed by atoms with van der Waals surface area (Å²) in [5, 5.41) is 33.0. The van der Waals surface area contributed by atoms with Crippen molar-refractivity contribution < 1.29 is 19.7 Å². The van der Waals surface area contributed by atoms with Crippen LogP contribution < -0.4 is 0 Å². The maximum Gasteiger partial charge on any atom is 0.338 e. The molecule has 0 radical (unpaired) electrons. The van der Waals surface area contributed by atoms with E-state index in [9.17, 15) is 15.0 Å². The van der Waals surface area contributed by atoms with Crippen molar-refractivity contribution in [2.75, 3.05) is 6.61 Å². The molecule has 2 atom stereocenters. The lowest BCUT2D eigenvalue weighted by atomic mass is 10.0. The van der Waals surface area contributed by atoms with Crippen LogP contribution in [-0.2, 0) is 9.53 Å². The van der Waals surface area contributed by atoms with Gasteiger partial charge in [-0.25, -0.2) is 4.79 Å². The van der Waals surface area contributed by atoms with E-state index in [-0.39, 0.29) is 6.61 Å². The number of carbonyl (C=O) groups is 1. The van der Waals surface area contributed by atoms with Crippen LogP contribution >= 0.6 is 0 Å². The van der Waals surface area contributed by atoms with Crippen LogP contribution in [0, 0.1) is 0 Å². The highest BCUT2D eigenvalue weighted by Crippen LogP contribution is 2.21. The number of aromatic nitrogens is 4. The summed E-state index contributed by atoms with van der Waals surface area (Å²) in [6.45, 7) is 1.76. The molecular weight excluding hydrogens is 264 g/mol. The Morgan fingerprint density at radius 2 is 2.05 bits per heavy atom. The lowest BCUT2D eigenvalue weighted by molar-refractivity contribution is -0.159. The van der Waals surface area contributed by atoms with E-state index < -0.39 is 18.2 Å². The number of ether oxygens (including phenoxy) is 1. The number of H-pyrrole nitrogens is 1. The molecule has 20 heavy (non-hydrogen) atoms. The van der Waals surface area contributed by atoms with Crippen molar-refractivity contribution in [3.05, 3.63) is 29.8 Å². The first kappa shape index (κ1) is 14.1. The van der Waals surface area contributed by atoms with E-state index in [1.807, 2.05) is 0 Å². The fraction of sp³-hybridized carbons (Fsp3) is 0.333. The van der Waals surface area contributed by atoms with E-state index in [1.165, 1.54) is 0 Å². The van der Waals surface area contributed by atoms with Crippen LogP contribution in [0.15, 0.2) is 24.3 Å². The topological polar surface area (TPSA) is 121 Å². The monoisotopic (exact) mass is 278 g/mol. The van der Waals surface area contributed by atoms with Gasteiger partial charge >= 0.3 is 5.97 Å². The van der Waals surface area contributed by atoms with Gasteiger partial charge in [-0.2, -0.15) is 5.21 Å². The zero-order valence-corrected chi connectivity index (χ0v) is 10.7. The zero-order chi connectivity index (χ0) is 14.5. The second-order valence-electron chi connectivity index (χ2n) is 4.00. The maximum atomic E-state index is 11.3. The van der Waals surface area contributed by atoms with Gasteiger partial charge in [-0.15, -0.1) is 10.2 Å². The molecule has 2 rings (SSSR count). The van der Waals surface area contributed by atoms with Crippen LogP contribution in [0.5, 0.6) is 0 Å². The molecule has 1 heterocycles. The average Bonchev–Trinajstić information content (AvgIpc) is 3.00. The predicted octanol–water partition coefficient (Wildman–Crippen LogP) is -0.176. The van der Waals surface area contributed by atoms with Gasteiger partial charge in [0.05, 0.1) is 6.61 Å². The third-order valence-corrected chi connectivity index (χ3v) is 2.68. The van der Waals surface area contributed by atoms with Gasteiger partial charge in [0.1, 0.15) is 6.10 Å². The van der Waals surface area contributed by atoms with E-state index in [0.29, 0.717) is 17.0 Å². The summed E-state index contributed by atoms with van der Waals surface area (Å²) < 4.78 is 4.65. The van der Waals surface area contributed by atoms with Gasteiger partial charge in [-0.05, 0) is 17.7 Å². The Hall–Kier alpha value is -2.32. The Kier molecular flexibility index (Phi) is 4.38. The average molecular weight is 278 g/mol. The number of tetrazole rings is 1. The third-order valence-electron chi connectivity index (χ3n) is 2.68. The van der Waals surface area contributed by atoms with Crippen LogP contribution in [0.4, 0.5) is 0 Å². The molecule has 0 fully saturated rings. The Morgan fingerprint density at radius 3 is 2.60 bits per heavy atom. The highest BCUT2D eigenvalue weighted by molar-refractivity contribution is 5.75. The normalized spacial score (nSPS) is 13.8. The number of aliphatic hydroxyl groups is 2. The first-order valence-electron chi connectivity index (χ1n) is 6.00. The molecule has 0 amide bonds. The van der Waals surface area contributed by atoms with Crippen molar-refractivity contribution in [2.24, 2.45) is 0 Å². The number of rotatable bonds is 5. The zero-order valence-electron chi connectivity index (χ0n) is 10.7. The molecule has 0 saturated carbocycles. The van der Waals surface area contributed by atoms with Gasteiger partial charge in [0.15, 0.2) is 6.10 Å². The fourth-order valence-corrected chi connectivity index (χ4v) is 1.65. The van der Waals surface area contributed by atoms with E-state index in [2.05, 4.69) is 25.4 Å². The molecular formula is C12H14N4O4. The molecule has 1 aromatic heterocycles. The molecule has 106 valence electrons. The molecule has 0 spiro atoms. The minimum atomic E-state index is -1.62. The summed E-state index contributed by atoms with van der Waals surface area (Å²) in [5.41, 5.74) is 1.08. The SMILES string of the molecule is CCOC(=O)C(O)C(O)c1ccc(-c2nn[nH]n2)cc1. The quantitative estimate of drug-likeness (QED) is 0.649. The second kappa shape index (κ2) is 6.22. The molecule has 0 aliphatic carbocycles. The maximum absolute atomic E-state index is 11.3. The molecule has 0 aliphatic rings. The highest BCUT2D eigenvalue weighted by Gasteiger charge is 2.26. The van der Waals surface area contributed by atoms with Gasteiger partial charge in [-0.3, -0.25) is 0 Å². The Morgan fingerprint density at radius 1 is 1.35 bits per heavy atom. The summed E-state index contributed by atoms with van der Waals surface area (Å²) in [4.78, 5) is 11.3. The van der Waals surface area contributed by atoms with Crippen LogP contribution in [0.1, 0.15) is 18.6 Å². The second-order valence-corrected chi connectivity index (χ2v) is 4.00. The number of nitrogens with zero attached hydrogens (tertiary/aromatic N) is 3. The molecule has 1 aromatic carbocycles. The van der Waals surface area contributed by atoms with Crippen molar-refractivity contribution in [3.63, 3.8) is 0 Å². The minimum Gasteiger partial charge on any atom is -0.464 e. The molecule has 8 nitrogen and oxygen atoms in total. The van der Waals surface area contributed by atoms with Gasteiger partial charge in [-0.1, -0.05) is 24.3 Å². The number of hydrogen-bond donors (Lipinski definition) is 3. The number of aliphatic hydroxyl groups excluding tert-OH is 2. The van der Waals surface area contributed by atoms with E-state index in [4.69, 9.17) is 0 Å². The van der Waals surface area contributed by atoms with Crippen LogP contribution in [0.2, 0.25) is 0 Å². The smallest absolute Gasteiger partial charge is 0.338 e. The first-order chi connectivity index (χ1) is 9.63. The van der Waals surface area contributed by atoms with E-state index in [1.54, 1.807) is 31.2 Å². The fourth-order valence-electron chi connectivity index (χ4n) is 1.65. The van der Waals surface area contributed by atoms with Crippen LogP contribution in [0.25, 0.3) is 11.4 Å². The van der Waals surface area contributed by atoms with E-state index in [0.717, 1.165) is 0 Å². The molecule has 0 bridgehead atoms. The van der Waals surface area contributed by atoms with Gasteiger partial charge in [0, 0.05) is 5.56 Å². The number of benzene rings is 1. The molecule has 0 aliphatic heterocycles. The van der Waals surface area contributed by atoms with Crippen LogP contribution in [0.3, 0.4) is 0 Å². The molecule has 3 N–H and O–H groups in total. The Bertz CT molecular complexity index is 555. The summed E-state index contributed by atoms with van der Waals surface area (Å²) in [5.74, 6) is -0.445. The molecule has 0 saturated heterocycles. The van der Waals surface area contributed by atoms with Crippen molar-refractivity contribution >= 4 is 5.97 Å². The van der Waals surface area contributed by atoms with Crippen molar-refractivity contribution in [3.8, 4) is 11.4 Å². The van der Waals surface area contributed by atoms with Crippen molar-refractivity contribution in [1.82, 2.24) is 20.6 Å². The van der Waals surface area contributed by atoms with Crippen LogP contribution in [-0.4, -0.2) is 49.5 Å². The van der Waals surface area contributed by atoms with Gasteiger partial charge < -0.3 is 14.9 Å². The number of carbonyl (C=O) groups excluding carboxylic acids is 1. The highest BCUT2D eigenvalue weighted by atomic mass is 16.5. The summed E-state index contributed by atoms with van der Waals surface area (Å²) >= 11 is 0. The number of nitrogens with one attached hydrogen (secondary N) is 1. The Labute approximate surface area is 114 Å². The molecule has 8 heteroatoms. The first-order valence-corrected chi connectivity index (χ1v) is 6.00. The minimum absolute atomic E-state index is 0.138. The molecule has 2 unspecified atom stereocenters. The molecule has 2 aromatic rings. The summed E-state index contributed by atoms with van der Waals surface area (Å²) in [6, 6.07) is 6.44. The van der Waals surface area contributed by atoms with Gasteiger partial charge in [0.25, 0.3) is 0 Å². The lowest BCUT2D eigenvalue weighted by Gasteiger charge is -2.16. The summed E-state index contributed by atoms with van der Waals surface area (Å²) in [7, 11) is 0. The Balaban J connectivity index is 2.11. The number of aromatic amines is 1. The number of esters is 1. The van der Waals surface area contributed by atoms with Crippen molar-refractivity contribution in [1.29, 1.82) is 0 Å². The largest absolute Gasteiger partial charge is 0.464 e. The standard InChI is InChI=1S/C12H14N4O4/c1-2-20-12(19)10(18)9(17)7-3-5-8(6-4-7)11-13-15-16-14-11/h3-6,9-10,17-18H,2H2,1H3,(H,13,14,15,16). The van der Waals surface area contributed by atoms with E-state index >= 15 is 0 Å². The summed E-state index contributed by atoms with van der Waals surface area (Å²) in [6.07, 6.45) is -2.97. The predicted molar refractivity (Wildman–Crippen MR) is 67.2 cm³/mol. The lowest BCUT2D eigenvalue weighted by Crippen LogP contribution is -2.29. The van der Waals surface area contributed by atoms with Crippen molar-refractivity contribution in [2.45, 2.75) is 19.1 Å².